The molecule has 0 radical (unpaired) electrons. The highest BCUT2D eigenvalue weighted by molar-refractivity contribution is 5.89. The Bertz CT molecular complexity index is 1680. The van der Waals surface area contributed by atoms with E-state index >= 15 is 0 Å². The summed E-state index contributed by atoms with van der Waals surface area (Å²) >= 11 is 0. The third-order valence-electron chi connectivity index (χ3n) is 13.3. The second-order valence-electron chi connectivity index (χ2n) is 18.0. The van der Waals surface area contributed by atoms with Gasteiger partial charge in [0.2, 0.25) is 0 Å². The van der Waals surface area contributed by atoms with E-state index in [4.69, 9.17) is 28.4 Å². The van der Waals surface area contributed by atoms with Crippen LogP contribution in [0.15, 0.2) is 53.1 Å². The minimum absolute atomic E-state index is 0.0126. The molecule has 13 atom stereocenters. The van der Waals surface area contributed by atoms with Gasteiger partial charge < -0.3 is 38.6 Å². The molecule has 54 heavy (non-hydrogen) atoms. The lowest BCUT2D eigenvalue weighted by Gasteiger charge is -2.71. The summed E-state index contributed by atoms with van der Waals surface area (Å²) in [5, 5.41) is 24.8. The Morgan fingerprint density at radius 3 is 2.24 bits per heavy atom. The van der Waals surface area contributed by atoms with E-state index in [2.05, 4.69) is 6.92 Å². The van der Waals surface area contributed by atoms with Crippen molar-refractivity contribution in [2.45, 2.75) is 150 Å². The van der Waals surface area contributed by atoms with Gasteiger partial charge in [0.05, 0.1) is 30.3 Å². The van der Waals surface area contributed by atoms with Crippen molar-refractivity contribution >= 4 is 17.9 Å². The van der Waals surface area contributed by atoms with E-state index in [-0.39, 0.29) is 30.4 Å². The number of aliphatic hydroxyl groups excluding tert-OH is 1. The van der Waals surface area contributed by atoms with Gasteiger partial charge >= 0.3 is 17.9 Å². The van der Waals surface area contributed by atoms with Gasteiger partial charge in [-0.05, 0) is 62.8 Å². The average Bonchev–Trinajstić information content (AvgIpc) is 3.07. The van der Waals surface area contributed by atoms with E-state index in [1.165, 1.54) is 6.92 Å². The molecule has 5 aliphatic rings. The molecule has 0 unspecified atom stereocenters. The smallest absolute Gasteiger partial charge is 0.338 e. The van der Waals surface area contributed by atoms with E-state index in [0.717, 1.165) is 16.7 Å². The van der Waals surface area contributed by atoms with E-state index in [1.807, 2.05) is 68.4 Å². The molecule has 11 heteroatoms. The van der Waals surface area contributed by atoms with Gasteiger partial charge in [0.15, 0.2) is 18.0 Å². The minimum atomic E-state index is -1.91. The molecular weight excluding hydrogens is 692 g/mol. The van der Waals surface area contributed by atoms with Gasteiger partial charge in [0.1, 0.15) is 23.9 Å². The lowest BCUT2D eigenvalue weighted by Crippen LogP contribution is -2.83. The molecule has 0 aromatic heterocycles. The minimum Gasteiger partial charge on any atom is -0.456 e. The Hall–Kier alpha value is -3.09. The fourth-order valence-electron chi connectivity index (χ4n) is 10.9. The van der Waals surface area contributed by atoms with Gasteiger partial charge in [0.25, 0.3) is 0 Å². The number of allylic oxidation sites excluding steroid dienone is 1. The Kier molecular flexibility index (Phi) is 10.9. The standard InChI is InChI=1S/C43H60O11/c1-22(2)17-24(5)34(45)39(47)50-29-20-43(48)37(53-38(46)28-15-13-12-14-16-28)35-41(11)30(19-31-42(35,21-49-31)54-27(8)44)51-32(18-23(3)4)52-36(41)26(7)33(25(29)6)40(43,9)10/h12-16,18,22,24,26,29-32,34-37,45,48H,17,19-21H2,1-11H3/t24-,26+,29-,30-,31+,32-,34+,35-,36-,37-,41+,42-,43+/m0/s1. The SMILES string of the molecule is CC(=O)O[C@@]12CO[C@@H]1C[C@@H]1O[C@H](C=C(C)C)O[C@H]3[C@H](C)C4=C(C)[C@@H](OC(=O)[C@H](O)[C@@H](C)CC(C)C)C[C@@](O)([C@@H](OC(=O)c5ccccc5)[C@H]2[C@@]13C)C4(C)C. The Labute approximate surface area is 319 Å². The van der Waals surface area contributed by atoms with Crippen LogP contribution in [0, 0.1) is 34.5 Å². The molecule has 11 nitrogen and oxygen atoms in total. The first-order valence-electron chi connectivity index (χ1n) is 19.5. The summed E-state index contributed by atoms with van der Waals surface area (Å²) < 4.78 is 39.2. The fraction of sp³-hybridized carbons (Fsp3) is 0.698. The van der Waals surface area contributed by atoms with E-state index in [1.54, 1.807) is 30.3 Å². The molecule has 4 fully saturated rings. The third kappa shape index (κ3) is 6.45. The first kappa shape index (κ1) is 40.6. The molecule has 2 saturated heterocycles. The molecule has 2 aliphatic heterocycles. The van der Waals surface area contributed by atoms with Crippen LogP contribution in [-0.4, -0.2) is 88.8 Å². The number of benzene rings is 1. The number of aliphatic hydroxyl groups is 2. The predicted octanol–water partition coefficient (Wildman–Crippen LogP) is 6.10. The summed E-state index contributed by atoms with van der Waals surface area (Å²) in [6, 6.07) is 8.55. The highest BCUT2D eigenvalue weighted by Crippen LogP contribution is 2.68. The normalized spacial score (nSPS) is 39.0. The molecular formula is C43H60O11. The van der Waals surface area contributed by atoms with E-state index in [9.17, 15) is 24.6 Å². The molecule has 0 amide bonds. The van der Waals surface area contributed by atoms with Gasteiger partial charge in [-0.25, -0.2) is 9.59 Å². The van der Waals surface area contributed by atoms with Crippen molar-refractivity contribution in [1.82, 2.24) is 0 Å². The van der Waals surface area contributed by atoms with Gasteiger partial charge in [-0.15, -0.1) is 0 Å². The summed E-state index contributed by atoms with van der Waals surface area (Å²) in [6.45, 7) is 21.0. The summed E-state index contributed by atoms with van der Waals surface area (Å²) in [7, 11) is 0. The van der Waals surface area contributed by atoms with Crippen LogP contribution in [0.1, 0.15) is 106 Å². The zero-order chi connectivity index (χ0) is 39.7. The van der Waals surface area contributed by atoms with Crippen LogP contribution in [0.5, 0.6) is 0 Å². The fourth-order valence-corrected chi connectivity index (χ4v) is 10.9. The zero-order valence-electron chi connectivity index (χ0n) is 33.7. The van der Waals surface area contributed by atoms with Crippen molar-refractivity contribution < 1.29 is 53.0 Å². The lowest BCUT2D eigenvalue weighted by molar-refractivity contribution is -0.403. The maximum atomic E-state index is 14.3. The monoisotopic (exact) mass is 752 g/mol. The maximum Gasteiger partial charge on any atom is 0.338 e. The molecule has 2 bridgehead atoms. The van der Waals surface area contributed by atoms with Crippen molar-refractivity contribution in [2.24, 2.45) is 34.5 Å². The molecule has 1 aromatic carbocycles. The van der Waals surface area contributed by atoms with Gasteiger partial charge in [0, 0.05) is 36.5 Å². The number of carbonyl (C=O) groups is 3. The first-order valence-corrected chi connectivity index (χ1v) is 19.5. The Morgan fingerprint density at radius 2 is 1.67 bits per heavy atom. The molecule has 298 valence electrons. The number of rotatable bonds is 9. The molecule has 1 aromatic rings. The molecule has 2 saturated carbocycles. The van der Waals surface area contributed by atoms with Crippen LogP contribution in [0.25, 0.3) is 0 Å². The summed E-state index contributed by atoms with van der Waals surface area (Å²) in [5.41, 5.74) is -2.53. The van der Waals surface area contributed by atoms with Crippen molar-refractivity contribution in [1.29, 1.82) is 0 Å². The van der Waals surface area contributed by atoms with Crippen LogP contribution < -0.4 is 0 Å². The molecule has 6 rings (SSSR count). The van der Waals surface area contributed by atoms with Crippen LogP contribution >= 0.6 is 0 Å². The van der Waals surface area contributed by atoms with Gasteiger partial charge in [-0.2, -0.15) is 0 Å². The number of esters is 3. The quantitative estimate of drug-likeness (QED) is 0.172. The van der Waals surface area contributed by atoms with Crippen LogP contribution in [0.3, 0.4) is 0 Å². The zero-order valence-corrected chi connectivity index (χ0v) is 33.7. The lowest BCUT2D eigenvalue weighted by atomic mass is 9.43. The largest absolute Gasteiger partial charge is 0.456 e. The van der Waals surface area contributed by atoms with Crippen molar-refractivity contribution in [3.05, 3.63) is 58.7 Å². The first-order chi connectivity index (χ1) is 25.2. The number of hydrogen-bond donors (Lipinski definition) is 2. The number of carbonyl (C=O) groups excluding carboxylic acids is 3. The Morgan fingerprint density at radius 1 is 1.00 bits per heavy atom. The van der Waals surface area contributed by atoms with Crippen molar-refractivity contribution in [3.8, 4) is 0 Å². The van der Waals surface area contributed by atoms with Crippen LogP contribution in [0.2, 0.25) is 0 Å². The molecule has 0 spiro atoms. The van der Waals surface area contributed by atoms with E-state index < -0.39 is 94.7 Å². The maximum absolute atomic E-state index is 14.3. The predicted molar refractivity (Wildman–Crippen MR) is 199 cm³/mol. The molecule has 2 N–H and O–H groups in total. The van der Waals surface area contributed by atoms with Gasteiger partial charge in [-0.3, -0.25) is 4.79 Å². The number of fused-ring (bicyclic) bond motifs is 4. The number of hydrogen-bond acceptors (Lipinski definition) is 11. The van der Waals surface area contributed by atoms with Crippen molar-refractivity contribution in [3.63, 3.8) is 0 Å². The summed E-state index contributed by atoms with van der Waals surface area (Å²) in [6.07, 6.45) is -3.43. The third-order valence-corrected chi connectivity index (χ3v) is 13.3. The van der Waals surface area contributed by atoms with Gasteiger partial charge in [-0.1, -0.05) is 77.8 Å². The van der Waals surface area contributed by atoms with Crippen LogP contribution in [0.4, 0.5) is 0 Å². The molecule has 3 aliphatic carbocycles. The second kappa shape index (κ2) is 14.4. The second-order valence-corrected chi connectivity index (χ2v) is 18.0. The van der Waals surface area contributed by atoms with E-state index in [0.29, 0.717) is 12.8 Å². The average molecular weight is 753 g/mol. The Balaban J connectivity index is 1.59. The highest BCUT2D eigenvalue weighted by Gasteiger charge is 2.79. The summed E-state index contributed by atoms with van der Waals surface area (Å²) in [4.78, 5) is 41.1. The van der Waals surface area contributed by atoms with Crippen LogP contribution in [-0.2, 0) is 38.0 Å². The topological polar surface area (TPSA) is 147 Å². The summed E-state index contributed by atoms with van der Waals surface area (Å²) in [5.74, 6) is -3.41. The highest BCUT2D eigenvalue weighted by atomic mass is 16.7. The van der Waals surface area contributed by atoms with Crippen molar-refractivity contribution in [2.75, 3.05) is 6.61 Å². The number of ether oxygens (including phenoxy) is 6. The molecule has 2 heterocycles.